The van der Waals surface area contributed by atoms with Crippen molar-refractivity contribution in [2.45, 2.75) is 38.3 Å². The van der Waals surface area contributed by atoms with E-state index in [9.17, 15) is 19.5 Å². The van der Waals surface area contributed by atoms with Gasteiger partial charge in [0.1, 0.15) is 11.8 Å². The van der Waals surface area contributed by atoms with Crippen molar-refractivity contribution in [2.75, 3.05) is 20.2 Å². The Kier molecular flexibility index (Phi) is 6.43. The second-order valence-electron chi connectivity index (χ2n) is 7.06. The van der Waals surface area contributed by atoms with Crippen molar-refractivity contribution in [3.63, 3.8) is 0 Å². The molecule has 1 aliphatic rings. The van der Waals surface area contributed by atoms with Gasteiger partial charge in [-0.25, -0.2) is 4.79 Å². The summed E-state index contributed by atoms with van der Waals surface area (Å²) in [4.78, 5) is 38.2. The van der Waals surface area contributed by atoms with E-state index in [0.717, 1.165) is 0 Å². The van der Waals surface area contributed by atoms with Gasteiger partial charge >= 0.3 is 5.97 Å². The average molecular weight is 378 g/mol. The Balaban J connectivity index is 2.10. The Morgan fingerprint density at radius 1 is 1.19 bits per heavy atom. The topological polar surface area (TPSA) is 116 Å². The molecule has 0 saturated carbocycles. The van der Waals surface area contributed by atoms with Crippen LogP contribution in [0.3, 0.4) is 0 Å². The van der Waals surface area contributed by atoms with Crippen molar-refractivity contribution in [2.24, 2.45) is 5.92 Å². The summed E-state index contributed by atoms with van der Waals surface area (Å²) in [6, 6.07) is 5.97. The molecule has 2 amide bonds. The van der Waals surface area contributed by atoms with Crippen molar-refractivity contribution >= 4 is 17.8 Å². The molecule has 1 unspecified atom stereocenters. The van der Waals surface area contributed by atoms with E-state index in [-0.39, 0.29) is 37.8 Å². The smallest absolute Gasteiger partial charge is 0.335 e. The predicted octanol–water partition coefficient (Wildman–Crippen LogP) is 0.888. The second kappa shape index (κ2) is 8.39. The number of hydrogen-bond acceptors (Lipinski definition) is 5. The van der Waals surface area contributed by atoms with Gasteiger partial charge < -0.3 is 25.2 Å². The molecule has 1 saturated heterocycles. The highest BCUT2D eigenvalue weighted by atomic mass is 16.5. The van der Waals surface area contributed by atoms with Gasteiger partial charge in [-0.15, -0.1) is 0 Å². The van der Waals surface area contributed by atoms with E-state index in [2.05, 4.69) is 5.32 Å². The monoisotopic (exact) mass is 378 g/mol. The molecule has 1 heterocycles. The number of para-hydroxylation sites is 1. The SMILES string of the molecule is COc1ccccc1C(=O)NC(C(=O)N1CCC(O)(C(=O)O)CC1)C(C)C. The number of methoxy groups -OCH3 is 1. The van der Waals surface area contributed by atoms with E-state index in [1.54, 1.807) is 24.3 Å². The van der Waals surface area contributed by atoms with Crippen LogP contribution in [0.5, 0.6) is 5.75 Å². The molecular weight excluding hydrogens is 352 g/mol. The summed E-state index contributed by atoms with van der Waals surface area (Å²) in [5, 5.41) is 21.9. The molecular formula is C19H26N2O6. The molecule has 0 aromatic heterocycles. The first-order valence-electron chi connectivity index (χ1n) is 8.88. The van der Waals surface area contributed by atoms with Gasteiger partial charge in [0, 0.05) is 25.9 Å². The third kappa shape index (κ3) is 4.57. The van der Waals surface area contributed by atoms with Gasteiger partial charge in [0.15, 0.2) is 5.60 Å². The minimum absolute atomic E-state index is 0.0423. The van der Waals surface area contributed by atoms with Crippen LogP contribution in [-0.2, 0) is 9.59 Å². The van der Waals surface area contributed by atoms with E-state index >= 15 is 0 Å². The summed E-state index contributed by atoms with van der Waals surface area (Å²) in [5.41, 5.74) is -1.47. The first-order valence-corrected chi connectivity index (χ1v) is 8.88. The highest BCUT2D eigenvalue weighted by Gasteiger charge is 2.42. The fraction of sp³-hybridized carbons (Fsp3) is 0.526. The molecule has 8 heteroatoms. The molecule has 1 aromatic carbocycles. The predicted molar refractivity (Wildman–Crippen MR) is 97.5 cm³/mol. The molecule has 8 nitrogen and oxygen atoms in total. The fourth-order valence-electron chi connectivity index (χ4n) is 3.07. The molecule has 2 rings (SSSR count). The van der Waals surface area contributed by atoms with E-state index in [4.69, 9.17) is 9.84 Å². The lowest BCUT2D eigenvalue weighted by molar-refractivity contribution is -0.165. The number of likely N-dealkylation sites (tertiary alicyclic amines) is 1. The zero-order chi connectivity index (χ0) is 20.2. The molecule has 0 radical (unpaired) electrons. The van der Waals surface area contributed by atoms with Crippen LogP contribution in [0.1, 0.15) is 37.0 Å². The number of benzene rings is 1. The van der Waals surface area contributed by atoms with Gasteiger partial charge in [0.25, 0.3) is 5.91 Å². The number of carboxylic acid groups (broad SMARTS) is 1. The number of ether oxygens (including phenoxy) is 1. The number of hydrogen-bond donors (Lipinski definition) is 3. The fourth-order valence-corrected chi connectivity index (χ4v) is 3.07. The minimum atomic E-state index is -1.80. The van der Waals surface area contributed by atoms with Crippen LogP contribution in [0.4, 0.5) is 0 Å². The number of carbonyl (C=O) groups is 3. The van der Waals surface area contributed by atoms with Crippen LogP contribution in [-0.4, -0.2) is 64.7 Å². The van der Waals surface area contributed by atoms with Crippen molar-refractivity contribution in [3.05, 3.63) is 29.8 Å². The molecule has 0 spiro atoms. The molecule has 3 N–H and O–H groups in total. The maximum Gasteiger partial charge on any atom is 0.335 e. The molecule has 27 heavy (non-hydrogen) atoms. The standard InChI is InChI=1S/C19H26N2O6/c1-12(2)15(20-16(22)13-6-4-5-7-14(13)27-3)17(23)21-10-8-19(26,9-11-21)18(24)25/h4-7,12,15,26H,8-11H2,1-3H3,(H,20,22)(H,24,25). The van der Waals surface area contributed by atoms with Crippen molar-refractivity contribution in [3.8, 4) is 5.75 Å². The number of amides is 2. The average Bonchev–Trinajstić information content (AvgIpc) is 2.65. The molecule has 1 fully saturated rings. The van der Waals surface area contributed by atoms with E-state index in [0.29, 0.717) is 11.3 Å². The zero-order valence-corrected chi connectivity index (χ0v) is 15.8. The lowest BCUT2D eigenvalue weighted by Crippen LogP contribution is -2.56. The lowest BCUT2D eigenvalue weighted by Gasteiger charge is -2.37. The van der Waals surface area contributed by atoms with Crippen LogP contribution >= 0.6 is 0 Å². The van der Waals surface area contributed by atoms with Gasteiger partial charge in [0.05, 0.1) is 12.7 Å². The maximum absolute atomic E-state index is 12.9. The van der Waals surface area contributed by atoms with Crippen LogP contribution in [0.25, 0.3) is 0 Å². The van der Waals surface area contributed by atoms with E-state index < -0.39 is 23.5 Å². The minimum Gasteiger partial charge on any atom is -0.496 e. The first-order chi connectivity index (χ1) is 12.7. The van der Waals surface area contributed by atoms with Gasteiger partial charge in [-0.1, -0.05) is 26.0 Å². The number of carboxylic acids is 1. The third-order valence-corrected chi connectivity index (χ3v) is 4.87. The molecule has 0 aliphatic carbocycles. The quantitative estimate of drug-likeness (QED) is 0.677. The Labute approximate surface area is 158 Å². The van der Waals surface area contributed by atoms with E-state index in [1.807, 2.05) is 13.8 Å². The van der Waals surface area contributed by atoms with E-state index in [1.165, 1.54) is 12.0 Å². The summed E-state index contributed by atoms with van der Waals surface area (Å²) < 4.78 is 5.19. The summed E-state index contributed by atoms with van der Waals surface area (Å²) in [7, 11) is 1.47. The molecule has 1 aliphatic heterocycles. The normalized spacial score (nSPS) is 17.3. The largest absolute Gasteiger partial charge is 0.496 e. The Bertz CT molecular complexity index is 710. The Hall–Kier alpha value is -2.61. The van der Waals surface area contributed by atoms with Gasteiger partial charge in [0.2, 0.25) is 5.91 Å². The summed E-state index contributed by atoms with van der Waals surface area (Å²) in [6.45, 7) is 3.88. The summed E-state index contributed by atoms with van der Waals surface area (Å²) in [5.74, 6) is -1.75. The number of nitrogens with one attached hydrogen (secondary N) is 1. The zero-order valence-electron chi connectivity index (χ0n) is 15.8. The maximum atomic E-state index is 12.9. The number of nitrogens with zero attached hydrogens (tertiary/aromatic N) is 1. The first kappa shape index (κ1) is 20.7. The van der Waals surface area contributed by atoms with Gasteiger partial charge in [-0.05, 0) is 18.1 Å². The number of piperidine rings is 1. The van der Waals surface area contributed by atoms with Crippen LogP contribution in [0.2, 0.25) is 0 Å². The van der Waals surface area contributed by atoms with Gasteiger partial charge in [-0.3, -0.25) is 9.59 Å². The summed E-state index contributed by atoms with van der Waals surface area (Å²) in [6.07, 6.45) is -0.0846. The number of carbonyl (C=O) groups excluding carboxylic acids is 2. The lowest BCUT2D eigenvalue weighted by atomic mass is 9.90. The Morgan fingerprint density at radius 2 is 1.78 bits per heavy atom. The van der Waals surface area contributed by atoms with Crippen molar-refractivity contribution < 1.29 is 29.3 Å². The van der Waals surface area contributed by atoms with Gasteiger partial charge in [-0.2, -0.15) is 0 Å². The summed E-state index contributed by atoms with van der Waals surface area (Å²) >= 11 is 0. The van der Waals surface area contributed by atoms with Crippen LogP contribution < -0.4 is 10.1 Å². The highest BCUT2D eigenvalue weighted by molar-refractivity contribution is 5.99. The molecule has 1 aromatic rings. The third-order valence-electron chi connectivity index (χ3n) is 4.87. The Morgan fingerprint density at radius 3 is 2.30 bits per heavy atom. The number of aliphatic hydroxyl groups is 1. The van der Waals surface area contributed by atoms with Crippen molar-refractivity contribution in [1.29, 1.82) is 0 Å². The second-order valence-corrected chi connectivity index (χ2v) is 7.06. The van der Waals surface area contributed by atoms with Crippen molar-refractivity contribution in [1.82, 2.24) is 10.2 Å². The molecule has 1 atom stereocenters. The van der Waals surface area contributed by atoms with Crippen LogP contribution in [0, 0.1) is 5.92 Å². The molecule has 0 bridgehead atoms. The number of aliphatic carboxylic acids is 1. The number of rotatable bonds is 6. The van der Waals surface area contributed by atoms with Crippen LogP contribution in [0.15, 0.2) is 24.3 Å². The molecule has 148 valence electrons. The highest BCUT2D eigenvalue weighted by Crippen LogP contribution is 2.24.